The molecule has 1 atom stereocenters. The number of anilines is 1. The summed E-state index contributed by atoms with van der Waals surface area (Å²) in [4.78, 5) is 38.8. The Morgan fingerprint density at radius 1 is 1.09 bits per heavy atom. The fourth-order valence-corrected chi connectivity index (χ4v) is 4.38. The number of benzene rings is 2. The summed E-state index contributed by atoms with van der Waals surface area (Å²) in [5.41, 5.74) is 8.16. The number of amides is 2. The van der Waals surface area contributed by atoms with Gasteiger partial charge in [0.05, 0.1) is 17.3 Å². The van der Waals surface area contributed by atoms with Gasteiger partial charge in [0, 0.05) is 11.1 Å². The van der Waals surface area contributed by atoms with Gasteiger partial charge in [0.15, 0.2) is 5.78 Å². The maximum absolute atomic E-state index is 13.1. The number of hydrogen-bond acceptors (Lipinski definition) is 5. The highest BCUT2D eigenvalue weighted by Gasteiger charge is 2.27. The molecule has 0 heterocycles. The Morgan fingerprint density at radius 3 is 2.48 bits per heavy atom. The fraction of sp³-hybridized carbons (Fsp3) is 0.385. The predicted molar refractivity (Wildman–Crippen MR) is 127 cm³/mol. The molecule has 0 unspecified atom stereocenters. The van der Waals surface area contributed by atoms with Crippen LogP contribution in [0.5, 0.6) is 0 Å². The van der Waals surface area contributed by atoms with Crippen LogP contribution in [-0.4, -0.2) is 30.2 Å². The highest BCUT2D eigenvalue weighted by molar-refractivity contribution is 6.15. The molecule has 3 rings (SSSR count). The van der Waals surface area contributed by atoms with Gasteiger partial charge in [-0.1, -0.05) is 61.9 Å². The van der Waals surface area contributed by atoms with E-state index in [1.165, 1.54) is 6.42 Å². The molecule has 4 N–H and O–H groups in total. The lowest BCUT2D eigenvalue weighted by Gasteiger charge is -2.26. The summed E-state index contributed by atoms with van der Waals surface area (Å²) >= 11 is 0. The van der Waals surface area contributed by atoms with E-state index in [2.05, 4.69) is 10.6 Å². The average molecular weight is 447 g/mol. The zero-order valence-electron chi connectivity index (χ0n) is 18.9. The smallest absolute Gasteiger partial charge is 0.254 e. The van der Waals surface area contributed by atoms with Gasteiger partial charge in [0.2, 0.25) is 5.91 Å². The van der Waals surface area contributed by atoms with E-state index in [1.807, 2.05) is 19.1 Å². The highest BCUT2D eigenvalue weighted by atomic mass is 16.2. The van der Waals surface area contributed by atoms with E-state index in [-0.39, 0.29) is 35.0 Å². The van der Waals surface area contributed by atoms with Gasteiger partial charge in [-0.25, -0.2) is 0 Å². The number of nitriles is 1. The SMILES string of the molecule is Cc1cccc(C(=O)c2cccc(C(=O)N[C@@H](CC3CCCCC3)C(=O)NCC#N)c2N)c1. The first kappa shape index (κ1) is 24.0. The summed E-state index contributed by atoms with van der Waals surface area (Å²) in [5, 5.41) is 14.2. The van der Waals surface area contributed by atoms with Gasteiger partial charge >= 0.3 is 0 Å². The number of nitrogens with two attached hydrogens (primary N) is 1. The number of nitrogens with one attached hydrogen (secondary N) is 2. The van der Waals surface area contributed by atoms with Crippen LogP contribution in [0.15, 0.2) is 42.5 Å². The first-order valence-corrected chi connectivity index (χ1v) is 11.4. The third kappa shape index (κ3) is 6.19. The average Bonchev–Trinajstić information content (AvgIpc) is 2.82. The second kappa shape index (κ2) is 11.3. The normalized spacial score (nSPS) is 14.7. The van der Waals surface area contributed by atoms with E-state index in [4.69, 9.17) is 11.0 Å². The molecule has 7 nitrogen and oxygen atoms in total. The Hall–Kier alpha value is -3.66. The minimum atomic E-state index is -0.774. The van der Waals surface area contributed by atoms with E-state index >= 15 is 0 Å². The molecule has 0 aliphatic heterocycles. The molecule has 2 aromatic carbocycles. The van der Waals surface area contributed by atoms with Crippen LogP contribution in [-0.2, 0) is 4.79 Å². The molecule has 172 valence electrons. The van der Waals surface area contributed by atoms with Crippen LogP contribution < -0.4 is 16.4 Å². The minimum Gasteiger partial charge on any atom is -0.397 e. The molecular weight excluding hydrogens is 416 g/mol. The van der Waals surface area contributed by atoms with Gasteiger partial charge < -0.3 is 16.4 Å². The third-order valence-corrected chi connectivity index (χ3v) is 6.13. The van der Waals surface area contributed by atoms with Crippen LogP contribution in [0.25, 0.3) is 0 Å². The van der Waals surface area contributed by atoms with Gasteiger partial charge in [0.1, 0.15) is 12.6 Å². The van der Waals surface area contributed by atoms with Crippen molar-refractivity contribution in [3.63, 3.8) is 0 Å². The number of aryl methyl sites for hydroxylation is 1. The molecule has 0 radical (unpaired) electrons. The molecule has 2 aromatic rings. The Labute approximate surface area is 194 Å². The van der Waals surface area contributed by atoms with E-state index in [9.17, 15) is 14.4 Å². The monoisotopic (exact) mass is 446 g/mol. The fourth-order valence-electron chi connectivity index (χ4n) is 4.38. The van der Waals surface area contributed by atoms with Gasteiger partial charge in [-0.3, -0.25) is 14.4 Å². The van der Waals surface area contributed by atoms with Crippen LogP contribution in [0.2, 0.25) is 0 Å². The van der Waals surface area contributed by atoms with Crippen LogP contribution in [0.3, 0.4) is 0 Å². The highest BCUT2D eigenvalue weighted by Crippen LogP contribution is 2.28. The standard InChI is InChI=1S/C26H30N4O3/c1-17-7-5-10-19(15-17)24(31)20-11-6-12-21(23(20)28)25(32)30-22(26(33)29-14-13-27)16-18-8-3-2-4-9-18/h5-7,10-12,15,18,22H,2-4,8-9,14,16,28H2,1H3,(H,29,33)(H,30,32)/t22-/m0/s1. The molecule has 33 heavy (non-hydrogen) atoms. The zero-order chi connectivity index (χ0) is 23.8. The van der Waals surface area contributed by atoms with Crippen molar-refractivity contribution >= 4 is 23.3 Å². The van der Waals surface area contributed by atoms with Crippen molar-refractivity contribution in [3.8, 4) is 6.07 Å². The van der Waals surface area contributed by atoms with Crippen LogP contribution >= 0.6 is 0 Å². The maximum atomic E-state index is 13.1. The van der Waals surface area contributed by atoms with Crippen LogP contribution in [0.4, 0.5) is 5.69 Å². The van der Waals surface area contributed by atoms with Crippen molar-refractivity contribution in [1.29, 1.82) is 5.26 Å². The molecule has 0 spiro atoms. The molecule has 7 heteroatoms. The molecule has 0 bridgehead atoms. The molecule has 1 saturated carbocycles. The molecule has 1 aliphatic rings. The molecule has 0 saturated heterocycles. The van der Waals surface area contributed by atoms with Gasteiger partial charge in [-0.05, 0) is 37.5 Å². The number of ketones is 1. The Morgan fingerprint density at radius 2 is 1.79 bits per heavy atom. The number of para-hydroxylation sites is 1. The number of carbonyl (C=O) groups excluding carboxylic acids is 3. The van der Waals surface area contributed by atoms with Crippen molar-refractivity contribution in [2.24, 2.45) is 5.92 Å². The van der Waals surface area contributed by atoms with Gasteiger partial charge in [0.25, 0.3) is 5.91 Å². The number of hydrogen-bond donors (Lipinski definition) is 3. The molecule has 0 aromatic heterocycles. The zero-order valence-corrected chi connectivity index (χ0v) is 18.9. The Balaban J connectivity index is 1.81. The molecular formula is C26H30N4O3. The van der Waals surface area contributed by atoms with Crippen molar-refractivity contribution in [3.05, 3.63) is 64.7 Å². The number of nitrogen functional groups attached to an aromatic ring is 1. The lowest BCUT2D eigenvalue weighted by Crippen LogP contribution is -2.48. The van der Waals surface area contributed by atoms with E-state index in [1.54, 1.807) is 36.4 Å². The second-order valence-corrected chi connectivity index (χ2v) is 8.61. The van der Waals surface area contributed by atoms with E-state index in [0.717, 1.165) is 31.2 Å². The van der Waals surface area contributed by atoms with E-state index in [0.29, 0.717) is 17.9 Å². The molecule has 1 aliphatic carbocycles. The summed E-state index contributed by atoms with van der Waals surface area (Å²) in [5.74, 6) is -0.833. The lowest BCUT2D eigenvalue weighted by molar-refractivity contribution is -0.123. The van der Waals surface area contributed by atoms with Crippen LogP contribution in [0.1, 0.15) is 70.4 Å². The summed E-state index contributed by atoms with van der Waals surface area (Å²) in [7, 11) is 0. The first-order chi connectivity index (χ1) is 15.9. The number of carbonyl (C=O) groups is 3. The summed E-state index contributed by atoms with van der Waals surface area (Å²) in [6.07, 6.45) is 5.95. The second-order valence-electron chi connectivity index (χ2n) is 8.61. The summed E-state index contributed by atoms with van der Waals surface area (Å²) in [6, 6.07) is 13.0. The summed E-state index contributed by atoms with van der Waals surface area (Å²) < 4.78 is 0. The van der Waals surface area contributed by atoms with Gasteiger partial charge in [-0.15, -0.1) is 0 Å². The van der Waals surface area contributed by atoms with Crippen molar-refractivity contribution in [1.82, 2.24) is 10.6 Å². The van der Waals surface area contributed by atoms with Gasteiger partial charge in [-0.2, -0.15) is 5.26 Å². The van der Waals surface area contributed by atoms with Crippen molar-refractivity contribution < 1.29 is 14.4 Å². The van der Waals surface area contributed by atoms with Crippen molar-refractivity contribution in [2.75, 3.05) is 12.3 Å². The Kier molecular flexibility index (Phi) is 8.20. The largest absolute Gasteiger partial charge is 0.397 e. The molecule has 1 fully saturated rings. The van der Waals surface area contributed by atoms with Crippen LogP contribution in [0, 0.1) is 24.2 Å². The van der Waals surface area contributed by atoms with Crippen molar-refractivity contribution in [2.45, 2.75) is 51.5 Å². The number of rotatable bonds is 8. The minimum absolute atomic E-state index is 0.0790. The quantitative estimate of drug-likeness (QED) is 0.325. The maximum Gasteiger partial charge on any atom is 0.254 e. The predicted octanol–water partition coefficient (Wildman–Crippen LogP) is 3.52. The first-order valence-electron chi connectivity index (χ1n) is 11.4. The topological polar surface area (TPSA) is 125 Å². The number of nitrogens with zero attached hydrogens (tertiary/aromatic N) is 1. The molecule has 2 amide bonds. The Bertz CT molecular complexity index is 1070. The summed E-state index contributed by atoms with van der Waals surface area (Å²) in [6.45, 7) is 1.77. The third-order valence-electron chi connectivity index (χ3n) is 6.13. The lowest BCUT2D eigenvalue weighted by atomic mass is 9.84. The van der Waals surface area contributed by atoms with E-state index < -0.39 is 11.9 Å².